The molecule has 136 valence electrons. The summed E-state index contributed by atoms with van der Waals surface area (Å²) < 4.78 is 5.38. The number of fused-ring (bicyclic) bond motifs is 2. The maximum Gasteiger partial charge on any atom is 0.336 e. The van der Waals surface area contributed by atoms with Crippen LogP contribution in [0.5, 0.6) is 0 Å². The second kappa shape index (κ2) is 5.95. The molecule has 1 aromatic heterocycles. The monoisotopic (exact) mass is 359 g/mol. The average molecular weight is 359 g/mol. The van der Waals surface area contributed by atoms with E-state index in [0.29, 0.717) is 11.3 Å². The molecule has 0 amide bonds. The maximum atomic E-state index is 12.5. The Labute approximate surface area is 158 Å². The van der Waals surface area contributed by atoms with E-state index < -0.39 is 5.63 Å². The zero-order valence-corrected chi connectivity index (χ0v) is 15.9. The molecule has 2 aromatic rings. The Morgan fingerprint density at radius 2 is 1.81 bits per heavy atom. The first kappa shape index (κ1) is 17.3. The van der Waals surface area contributed by atoms with Crippen molar-refractivity contribution in [2.75, 3.05) is 11.9 Å². The van der Waals surface area contributed by atoms with Crippen molar-refractivity contribution in [1.29, 1.82) is 0 Å². The predicted octanol–water partition coefficient (Wildman–Crippen LogP) is 4.24. The molecular weight excluding hydrogens is 338 g/mol. The van der Waals surface area contributed by atoms with E-state index in [2.05, 4.69) is 30.9 Å². The summed E-state index contributed by atoms with van der Waals surface area (Å²) >= 11 is 0. The molecule has 4 rings (SSSR count). The van der Waals surface area contributed by atoms with Gasteiger partial charge in [-0.05, 0) is 48.4 Å². The van der Waals surface area contributed by atoms with Crippen LogP contribution < -0.4 is 10.5 Å². The van der Waals surface area contributed by atoms with Crippen LogP contribution in [-0.4, -0.2) is 12.8 Å². The summed E-state index contributed by atoms with van der Waals surface area (Å²) in [5.41, 5.74) is 4.83. The van der Waals surface area contributed by atoms with Crippen LogP contribution in [0.3, 0.4) is 0 Å². The standard InChI is InChI=1S/C23H21NO3/c1-14-13-21(26)27-22-15(14)9-11-19(25)16(22)10-12-20-23(2,3)17-7-5-6-8-18(17)24(20)4/h5-13H,1-4H3/b16-10-,20-12+. The van der Waals surface area contributed by atoms with Crippen molar-refractivity contribution in [3.05, 3.63) is 87.1 Å². The number of para-hydroxylation sites is 1. The van der Waals surface area contributed by atoms with Gasteiger partial charge in [0.1, 0.15) is 5.76 Å². The number of aryl methyl sites for hydroxylation is 1. The summed E-state index contributed by atoms with van der Waals surface area (Å²) in [5, 5.41) is 0. The molecule has 1 aromatic carbocycles. The van der Waals surface area contributed by atoms with Crippen LogP contribution in [0.25, 0.3) is 11.6 Å². The highest BCUT2D eigenvalue weighted by Gasteiger charge is 2.37. The quantitative estimate of drug-likeness (QED) is 0.715. The predicted molar refractivity (Wildman–Crippen MR) is 108 cm³/mol. The van der Waals surface area contributed by atoms with Gasteiger partial charge in [-0.2, -0.15) is 0 Å². The van der Waals surface area contributed by atoms with Crippen molar-refractivity contribution in [2.45, 2.75) is 26.2 Å². The van der Waals surface area contributed by atoms with E-state index in [1.54, 1.807) is 12.2 Å². The van der Waals surface area contributed by atoms with Gasteiger partial charge in [-0.15, -0.1) is 0 Å². The lowest BCUT2D eigenvalue weighted by molar-refractivity contribution is -0.109. The van der Waals surface area contributed by atoms with Crippen LogP contribution in [0.4, 0.5) is 5.69 Å². The summed E-state index contributed by atoms with van der Waals surface area (Å²) in [4.78, 5) is 26.5. The van der Waals surface area contributed by atoms with Crippen molar-refractivity contribution < 1.29 is 9.21 Å². The van der Waals surface area contributed by atoms with Crippen LogP contribution in [0.15, 0.2) is 63.5 Å². The van der Waals surface area contributed by atoms with E-state index >= 15 is 0 Å². The number of carbonyl (C=O) groups excluding carboxylic acids is 1. The Balaban J connectivity index is 1.86. The summed E-state index contributed by atoms with van der Waals surface area (Å²) in [5.74, 6) is 0.185. The first-order chi connectivity index (χ1) is 12.8. The molecule has 0 atom stereocenters. The van der Waals surface area contributed by atoms with Crippen LogP contribution in [-0.2, 0) is 10.2 Å². The van der Waals surface area contributed by atoms with Gasteiger partial charge >= 0.3 is 5.63 Å². The number of rotatable bonds is 1. The number of hydrogen-bond acceptors (Lipinski definition) is 4. The molecular formula is C23H21NO3. The molecule has 0 saturated carbocycles. The van der Waals surface area contributed by atoms with Gasteiger partial charge < -0.3 is 9.32 Å². The van der Waals surface area contributed by atoms with Gasteiger partial charge in [0.2, 0.25) is 0 Å². The summed E-state index contributed by atoms with van der Waals surface area (Å²) in [7, 11) is 2.03. The largest absolute Gasteiger partial charge is 0.422 e. The normalized spacial score (nSPS) is 20.3. The number of hydrogen-bond donors (Lipinski definition) is 0. The molecule has 1 aliphatic carbocycles. The van der Waals surface area contributed by atoms with Gasteiger partial charge in [0.25, 0.3) is 0 Å². The zero-order valence-electron chi connectivity index (χ0n) is 15.9. The smallest absolute Gasteiger partial charge is 0.336 e. The van der Waals surface area contributed by atoms with E-state index in [9.17, 15) is 9.59 Å². The molecule has 4 nitrogen and oxygen atoms in total. The maximum absolute atomic E-state index is 12.5. The second-order valence-corrected chi connectivity index (χ2v) is 7.52. The van der Waals surface area contributed by atoms with Crippen LogP contribution in [0.2, 0.25) is 0 Å². The van der Waals surface area contributed by atoms with Crippen LogP contribution in [0.1, 0.15) is 36.3 Å². The Morgan fingerprint density at radius 1 is 1.07 bits per heavy atom. The van der Waals surface area contributed by atoms with Crippen molar-refractivity contribution in [3.8, 4) is 0 Å². The number of likely N-dealkylation sites (N-methyl/N-ethyl adjacent to an activating group) is 1. The van der Waals surface area contributed by atoms with E-state index in [0.717, 1.165) is 22.5 Å². The van der Waals surface area contributed by atoms with Gasteiger partial charge in [-0.3, -0.25) is 4.79 Å². The topological polar surface area (TPSA) is 50.5 Å². The minimum absolute atomic E-state index is 0.163. The van der Waals surface area contributed by atoms with E-state index in [1.165, 1.54) is 17.7 Å². The number of anilines is 1. The lowest BCUT2D eigenvalue weighted by Crippen LogP contribution is -2.22. The highest BCUT2D eigenvalue weighted by Crippen LogP contribution is 2.46. The fourth-order valence-electron chi connectivity index (χ4n) is 4.01. The van der Waals surface area contributed by atoms with Gasteiger partial charge in [0.05, 0.1) is 5.57 Å². The Kier molecular flexibility index (Phi) is 3.81. The first-order valence-corrected chi connectivity index (χ1v) is 8.94. The Bertz CT molecular complexity index is 1110. The third-order valence-electron chi connectivity index (χ3n) is 5.47. The van der Waals surface area contributed by atoms with E-state index in [1.807, 2.05) is 32.2 Å². The van der Waals surface area contributed by atoms with E-state index in [4.69, 9.17) is 4.42 Å². The molecule has 0 N–H and O–H groups in total. The SMILES string of the molecule is Cc1cc(=O)oc2c1C=CC(=O)/C2=C/C=C1/N(C)c2ccccc2C1(C)C. The number of allylic oxidation sites excluding steroid dienone is 5. The molecule has 0 fully saturated rings. The molecule has 0 unspecified atom stereocenters. The lowest BCUT2D eigenvalue weighted by Gasteiger charge is -2.24. The minimum Gasteiger partial charge on any atom is -0.422 e. The van der Waals surface area contributed by atoms with Crippen molar-refractivity contribution in [3.63, 3.8) is 0 Å². The Hall–Kier alpha value is -3.14. The van der Waals surface area contributed by atoms with Crippen LogP contribution in [0, 0.1) is 6.92 Å². The van der Waals surface area contributed by atoms with Gasteiger partial charge in [-0.25, -0.2) is 4.79 Å². The highest BCUT2D eigenvalue weighted by molar-refractivity contribution is 6.29. The van der Waals surface area contributed by atoms with Crippen molar-refractivity contribution in [1.82, 2.24) is 0 Å². The van der Waals surface area contributed by atoms with Crippen molar-refractivity contribution >= 4 is 23.1 Å². The van der Waals surface area contributed by atoms with Gasteiger partial charge in [0.15, 0.2) is 5.78 Å². The molecule has 2 aliphatic rings. The Morgan fingerprint density at radius 3 is 2.56 bits per heavy atom. The number of benzene rings is 1. The van der Waals surface area contributed by atoms with Gasteiger partial charge in [-0.1, -0.05) is 32.0 Å². The molecule has 0 saturated heterocycles. The average Bonchev–Trinajstić information content (AvgIpc) is 2.81. The number of ketones is 1. The molecule has 0 radical (unpaired) electrons. The first-order valence-electron chi connectivity index (χ1n) is 8.94. The molecule has 0 bridgehead atoms. The summed E-state index contributed by atoms with van der Waals surface area (Å²) in [6.45, 7) is 6.18. The third kappa shape index (κ3) is 2.60. The van der Waals surface area contributed by atoms with E-state index in [-0.39, 0.29) is 11.2 Å². The molecule has 0 spiro atoms. The molecule has 27 heavy (non-hydrogen) atoms. The third-order valence-corrected chi connectivity index (χ3v) is 5.47. The molecule has 1 aliphatic heterocycles. The van der Waals surface area contributed by atoms with Crippen LogP contribution >= 0.6 is 0 Å². The second-order valence-electron chi connectivity index (χ2n) is 7.52. The number of carbonyl (C=O) groups is 1. The fourth-order valence-corrected chi connectivity index (χ4v) is 4.01. The summed E-state index contributed by atoms with van der Waals surface area (Å²) in [6, 6.07) is 9.73. The minimum atomic E-state index is -0.446. The van der Waals surface area contributed by atoms with Crippen molar-refractivity contribution in [2.24, 2.45) is 0 Å². The lowest BCUT2D eigenvalue weighted by atomic mass is 9.83. The van der Waals surface area contributed by atoms with Gasteiger partial charge in [0, 0.05) is 35.5 Å². The molecule has 2 heterocycles. The molecule has 4 heteroatoms. The highest BCUT2D eigenvalue weighted by atomic mass is 16.4. The number of nitrogens with zero attached hydrogens (tertiary/aromatic N) is 1. The fraction of sp³-hybridized carbons (Fsp3) is 0.217. The zero-order chi connectivity index (χ0) is 19.3. The summed E-state index contributed by atoms with van der Waals surface area (Å²) in [6.07, 6.45) is 6.96.